The first-order valence-electron chi connectivity index (χ1n) is 8.59. The number of amides is 1. The molecule has 2 aliphatic heterocycles. The number of hydroxylamine groups is 2. The van der Waals surface area contributed by atoms with Gasteiger partial charge in [-0.25, -0.2) is 5.06 Å². The third-order valence-corrected chi connectivity index (χ3v) is 4.62. The van der Waals surface area contributed by atoms with Gasteiger partial charge in [-0.3, -0.25) is 9.63 Å². The van der Waals surface area contributed by atoms with E-state index in [-0.39, 0.29) is 5.91 Å². The minimum atomic E-state index is 0.0119. The van der Waals surface area contributed by atoms with E-state index in [1.807, 2.05) is 24.3 Å². The highest BCUT2D eigenvalue weighted by molar-refractivity contribution is 5.96. The SMILES string of the molecule is O=C1c2ccccc2CCN1OCCCCN1CCCCC1. The van der Waals surface area contributed by atoms with Crippen molar-refractivity contribution in [3.8, 4) is 0 Å². The van der Waals surface area contributed by atoms with Crippen molar-refractivity contribution in [1.29, 1.82) is 0 Å². The van der Waals surface area contributed by atoms with Crippen LogP contribution in [0.3, 0.4) is 0 Å². The maximum atomic E-state index is 12.3. The Balaban J connectivity index is 1.37. The maximum absolute atomic E-state index is 12.3. The van der Waals surface area contributed by atoms with Crippen LogP contribution >= 0.6 is 0 Å². The number of likely N-dealkylation sites (tertiary alicyclic amines) is 1. The molecule has 0 radical (unpaired) electrons. The van der Waals surface area contributed by atoms with E-state index in [0.29, 0.717) is 13.2 Å². The predicted octanol–water partition coefficient (Wildman–Crippen LogP) is 2.88. The lowest BCUT2D eigenvalue weighted by Crippen LogP contribution is -2.38. The summed E-state index contributed by atoms with van der Waals surface area (Å²) in [6.45, 7) is 4.98. The number of hydrogen-bond donors (Lipinski definition) is 0. The molecular formula is C18H26N2O2. The third-order valence-electron chi connectivity index (χ3n) is 4.62. The van der Waals surface area contributed by atoms with E-state index in [1.165, 1.54) is 38.9 Å². The summed E-state index contributed by atoms with van der Waals surface area (Å²) in [5.41, 5.74) is 1.93. The lowest BCUT2D eigenvalue weighted by atomic mass is 10.0. The Labute approximate surface area is 133 Å². The topological polar surface area (TPSA) is 32.8 Å². The highest BCUT2D eigenvalue weighted by Gasteiger charge is 2.24. The zero-order valence-corrected chi connectivity index (χ0v) is 13.3. The summed E-state index contributed by atoms with van der Waals surface area (Å²) in [5.74, 6) is 0.0119. The molecule has 120 valence electrons. The molecule has 1 saturated heterocycles. The number of carbonyl (C=O) groups is 1. The number of benzene rings is 1. The van der Waals surface area contributed by atoms with Gasteiger partial charge in [-0.2, -0.15) is 0 Å². The van der Waals surface area contributed by atoms with Crippen molar-refractivity contribution >= 4 is 5.91 Å². The number of carbonyl (C=O) groups excluding carboxylic acids is 1. The summed E-state index contributed by atoms with van der Waals surface area (Å²) in [5, 5.41) is 1.54. The summed E-state index contributed by atoms with van der Waals surface area (Å²) in [6, 6.07) is 7.83. The predicted molar refractivity (Wildman–Crippen MR) is 86.7 cm³/mol. The van der Waals surface area contributed by atoms with Gasteiger partial charge in [-0.05, 0) is 63.4 Å². The first kappa shape index (κ1) is 15.5. The van der Waals surface area contributed by atoms with Crippen LogP contribution in [0.2, 0.25) is 0 Å². The fourth-order valence-corrected chi connectivity index (χ4v) is 3.32. The Morgan fingerprint density at radius 1 is 1.00 bits per heavy atom. The van der Waals surface area contributed by atoms with E-state index in [2.05, 4.69) is 4.90 Å². The van der Waals surface area contributed by atoms with Crippen molar-refractivity contribution in [1.82, 2.24) is 9.96 Å². The number of nitrogens with zero attached hydrogens (tertiary/aromatic N) is 2. The molecule has 4 nitrogen and oxygen atoms in total. The lowest BCUT2D eigenvalue weighted by Gasteiger charge is -2.28. The number of fused-ring (bicyclic) bond motifs is 1. The second-order valence-electron chi connectivity index (χ2n) is 6.26. The highest BCUT2D eigenvalue weighted by Crippen LogP contribution is 2.19. The molecule has 0 aliphatic carbocycles. The van der Waals surface area contributed by atoms with Crippen LogP contribution in [0.1, 0.15) is 48.0 Å². The molecule has 0 unspecified atom stereocenters. The highest BCUT2D eigenvalue weighted by atomic mass is 16.7. The summed E-state index contributed by atoms with van der Waals surface area (Å²) < 4.78 is 0. The average molecular weight is 302 g/mol. The second kappa shape index (κ2) is 7.75. The summed E-state index contributed by atoms with van der Waals surface area (Å²) in [7, 11) is 0. The first-order valence-corrected chi connectivity index (χ1v) is 8.59. The van der Waals surface area contributed by atoms with Gasteiger partial charge in [0.25, 0.3) is 5.91 Å². The molecule has 4 heteroatoms. The van der Waals surface area contributed by atoms with Crippen LogP contribution in [-0.2, 0) is 11.3 Å². The van der Waals surface area contributed by atoms with Crippen molar-refractivity contribution in [2.45, 2.75) is 38.5 Å². The molecule has 2 heterocycles. The van der Waals surface area contributed by atoms with E-state index in [1.54, 1.807) is 5.06 Å². The van der Waals surface area contributed by atoms with E-state index < -0.39 is 0 Å². The Kier molecular flexibility index (Phi) is 5.46. The Hall–Kier alpha value is -1.39. The normalized spacial score (nSPS) is 19.3. The molecule has 0 bridgehead atoms. The van der Waals surface area contributed by atoms with Crippen molar-refractivity contribution in [3.05, 3.63) is 35.4 Å². The number of rotatable bonds is 6. The Bertz CT molecular complexity index is 498. The van der Waals surface area contributed by atoms with Crippen molar-refractivity contribution in [2.24, 2.45) is 0 Å². The number of hydrogen-bond acceptors (Lipinski definition) is 3. The molecule has 22 heavy (non-hydrogen) atoms. The van der Waals surface area contributed by atoms with Crippen molar-refractivity contribution in [2.75, 3.05) is 32.8 Å². The molecule has 3 rings (SSSR count). The largest absolute Gasteiger partial charge is 0.303 e. The molecule has 1 amide bonds. The van der Waals surface area contributed by atoms with Gasteiger partial charge in [0.05, 0.1) is 13.2 Å². The molecular weight excluding hydrogens is 276 g/mol. The zero-order chi connectivity index (χ0) is 15.2. The Morgan fingerprint density at radius 2 is 1.82 bits per heavy atom. The molecule has 0 atom stereocenters. The molecule has 1 fully saturated rings. The average Bonchev–Trinajstić information content (AvgIpc) is 2.58. The van der Waals surface area contributed by atoms with Crippen LogP contribution in [0.5, 0.6) is 0 Å². The Morgan fingerprint density at radius 3 is 2.68 bits per heavy atom. The van der Waals surface area contributed by atoms with Crippen LogP contribution < -0.4 is 0 Å². The van der Waals surface area contributed by atoms with Gasteiger partial charge in [0.15, 0.2) is 0 Å². The third kappa shape index (κ3) is 3.87. The maximum Gasteiger partial charge on any atom is 0.277 e. The molecule has 0 aromatic heterocycles. The van der Waals surface area contributed by atoms with Crippen molar-refractivity contribution < 1.29 is 9.63 Å². The van der Waals surface area contributed by atoms with Gasteiger partial charge >= 0.3 is 0 Å². The van der Waals surface area contributed by atoms with Gasteiger partial charge in [-0.1, -0.05) is 24.6 Å². The fourth-order valence-electron chi connectivity index (χ4n) is 3.32. The van der Waals surface area contributed by atoms with Crippen LogP contribution in [0.15, 0.2) is 24.3 Å². The minimum absolute atomic E-state index is 0.0119. The summed E-state index contributed by atoms with van der Waals surface area (Å²) in [4.78, 5) is 20.6. The lowest BCUT2D eigenvalue weighted by molar-refractivity contribution is -0.126. The molecule has 1 aromatic rings. The zero-order valence-electron chi connectivity index (χ0n) is 13.3. The van der Waals surface area contributed by atoms with Gasteiger partial charge in [0.2, 0.25) is 0 Å². The standard InChI is InChI=1S/C18H26N2O2/c21-18-17-9-3-2-8-16(17)10-14-20(18)22-15-7-6-13-19-11-4-1-5-12-19/h2-3,8-9H,1,4-7,10-15H2. The first-order chi connectivity index (χ1) is 10.8. The quantitative estimate of drug-likeness (QED) is 0.758. The van der Waals surface area contributed by atoms with E-state index in [0.717, 1.165) is 30.4 Å². The van der Waals surface area contributed by atoms with E-state index >= 15 is 0 Å². The van der Waals surface area contributed by atoms with Crippen LogP contribution in [0.4, 0.5) is 0 Å². The van der Waals surface area contributed by atoms with Gasteiger partial charge in [0.1, 0.15) is 0 Å². The van der Waals surface area contributed by atoms with Crippen LogP contribution in [-0.4, -0.2) is 48.7 Å². The van der Waals surface area contributed by atoms with E-state index in [9.17, 15) is 4.79 Å². The smallest absolute Gasteiger partial charge is 0.277 e. The number of piperidine rings is 1. The summed E-state index contributed by atoms with van der Waals surface area (Å²) >= 11 is 0. The minimum Gasteiger partial charge on any atom is -0.303 e. The molecule has 0 saturated carbocycles. The molecule has 2 aliphatic rings. The van der Waals surface area contributed by atoms with E-state index in [4.69, 9.17) is 4.84 Å². The van der Waals surface area contributed by atoms with Gasteiger partial charge in [-0.15, -0.1) is 0 Å². The fraction of sp³-hybridized carbons (Fsp3) is 0.611. The molecule has 0 spiro atoms. The van der Waals surface area contributed by atoms with Crippen LogP contribution in [0.25, 0.3) is 0 Å². The second-order valence-corrected chi connectivity index (χ2v) is 6.26. The molecule has 1 aromatic carbocycles. The number of unbranched alkanes of at least 4 members (excludes halogenated alkanes) is 1. The van der Waals surface area contributed by atoms with Gasteiger partial charge in [0, 0.05) is 5.56 Å². The van der Waals surface area contributed by atoms with Crippen molar-refractivity contribution in [3.63, 3.8) is 0 Å². The molecule has 0 N–H and O–H groups in total. The monoisotopic (exact) mass is 302 g/mol. The summed E-state index contributed by atoms with van der Waals surface area (Å²) in [6.07, 6.45) is 7.13. The van der Waals surface area contributed by atoms with Crippen LogP contribution in [0, 0.1) is 0 Å². The van der Waals surface area contributed by atoms with Gasteiger partial charge < -0.3 is 4.90 Å².